The molecule has 2 amide bonds. The predicted octanol–water partition coefficient (Wildman–Crippen LogP) is 2.05. The highest BCUT2D eigenvalue weighted by atomic mass is 16.5. The molecule has 1 unspecified atom stereocenters. The molecule has 3 N–H and O–H groups in total. The number of benzene rings is 2. The molecule has 0 aliphatic heterocycles. The molecule has 6 heteroatoms. The highest BCUT2D eigenvalue weighted by Gasteiger charge is 2.25. The minimum atomic E-state index is -1.28. The van der Waals surface area contributed by atoms with Crippen molar-refractivity contribution >= 4 is 17.5 Å². The summed E-state index contributed by atoms with van der Waals surface area (Å²) in [5.41, 5.74) is -0.211. The van der Waals surface area contributed by atoms with E-state index in [1.165, 1.54) is 0 Å². The number of carbonyl (C=O) groups excluding carboxylic acids is 2. The van der Waals surface area contributed by atoms with Gasteiger partial charge < -0.3 is 20.5 Å². The second kappa shape index (κ2) is 8.30. The van der Waals surface area contributed by atoms with Gasteiger partial charge >= 0.3 is 11.8 Å². The van der Waals surface area contributed by atoms with Gasteiger partial charge in [0.15, 0.2) is 0 Å². The zero-order chi connectivity index (χ0) is 18.3. The molecule has 0 aliphatic carbocycles. The van der Waals surface area contributed by atoms with Crippen LogP contribution >= 0.6 is 0 Å². The summed E-state index contributed by atoms with van der Waals surface area (Å²) in [5.74, 6) is -1.17. The molecule has 0 bridgehead atoms. The molecular weight excluding hydrogens is 320 g/mol. The van der Waals surface area contributed by atoms with Crippen molar-refractivity contribution in [2.75, 3.05) is 18.5 Å². The fourth-order valence-corrected chi connectivity index (χ4v) is 2.26. The largest absolute Gasteiger partial charge is 0.492 e. The first kappa shape index (κ1) is 18.5. The Labute approximate surface area is 146 Å². The van der Waals surface area contributed by atoms with Crippen LogP contribution in [0.15, 0.2) is 54.6 Å². The number of amides is 2. The fraction of sp³-hybridized carbons (Fsp3) is 0.263. The lowest BCUT2D eigenvalue weighted by Gasteiger charge is -2.24. The standard InChI is InChI=1S/C19H22N2O4/c1-3-25-16-12-8-7-11-15(16)21-18(23)17(22)20-13-19(2,24)14-9-5-4-6-10-14/h4-12,24H,3,13H2,1-2H3,(H,20,22)(H,21,23). The van der Waals surface area contributed by atoms with Crippen LogP contribution in [0.3, 0.4) is 0 Å². The van der Waals surface area contributed by atoms with Crippen molar-refractivity contribution in [3.8, 4) is 5.75 Å². The van der Waals surface area contributed by atoms with Crippen molar-refractivity contribution in [1.82, 2.24) is 5.32 Å². The lowest BCUT2D eigenvalue weighted by molar-refractivity contribution is -0.136. The van der Waals surface area contributed by atoms with E-state index in [1.807, 2.05) is 13.0 Å². The number of rotatable bonds is 6. The molecule has 0 saturated carbocycles. The number of hydrogen-bond acceptors (Lipinski definition) is 4. The maximum atomic E-state index is 12.1. The number of carbonyl (C=O) groups is 2. The molecule has 132 valence electrons. The summed E-state index contributed by atoms with van der Waals surface area (Å²) in [6, 6.07) is 15.8. The van der Waals surface area contributed by atoms with E-state index in [0.717, 1.165) is 0 Å². The summed E-state index contributed by atoms with van der Waals surface area (Å²) < 4.78 is 5.40. The number of hydrogen-bond donors (Lipinski definition) is 3. The first-order valence-corrected chi connectivity index (χ1v) is 8.03. The Morgan fingerprint density at radius 1 is 1.04 bits per heavy atom. The number of para-hydroxylation sites is 2. The first-order valence-electron chi connectivity index (χ1n) is 8.03. The van der Waals surface area contributed by atoms with Gasteiger partial charge in [0, 0.05) is 0 Å². The normalized spacial score (nSPS) is 12.8. The Kier molecular flexibility index (Phi) is 6.14. The minimum Gasteiger partial charge on any atom is -0.492 e. The summed E-state index contributed by atoms with van der Waals surface area (Å²) in [4.78, 5) is 24.1. The van der Waals surface area contributed by atoms with Gasteiger partial charge in [-0.25, -0.2) is 0 Å². The topological polar surface area (TPSA) is 87.7 Å². The molecule has 0 heterocycles. The number of anilines is 1. The number of aliphatic hydroxyl groups is 1. The highest BCUT2D eigenvalue weighted by Crippen LogP contribution is 2.23. The van der Waals surface area contributed by atoms with Crippen LogP contribution in [-0.2, 0) is 15.2 Å². The van der Waals surface area contributed by atoms with Crippen molar-refractivity contribution in [2.24, 2.45) is 0 Å². The molecule has 0 spiro atoms. The molecule has 0 saturated heterocycles. The van der Waals surface area contributed by atoms with Gasteiger partial charge in [-0.05, 0) is 31.5 Å². The van der Waals surface area contributed by atoms with Gasteiger partial charge in [0.25, 0.3) is 0 Å². The van der Waals surface area contributed by atoms with Crippen LogP contribution < -0.4 is 15.4 Å². The van der Waals surface area contributed by atoms with Gasteiger partial charge in [-0.3, -0.25) is 9.59 Å². The summed E-state index contributed by atoms with van der Waals surface area (Å²) in [6.45, 7) is 3.76. The van der Waals surface area contributed by atoms with Crippen molar-refractivity contribution < 1.29 is 19.4 Å². The summed E-state index contributed by atoms with van der Waals surface area (Å²) in [6.07, 6.45) is 0. The van der Waals surface area contributed by atoms with Crippen LogP contribution in [0.25, 0.3) is 0 Å². The Morgan fingerprint density at radius 3 is 2.36 bits per heavy atom. The Bertz CT molecular complexity index is 729. The van der Waals surface area contributed by atoms with Crippen molar-refractivity contribution in [3.63, 3.8) is 0 Å². The Balaban J connectivity index is 1.96. The molecule has 0 fully saturated rings. The molecule has 0 aliphatic rings. The number of ether oxygens (including phenoxy) is 1. The van der Waals surface area contributed by atoms with E-state index < -0.39 is 17.4 Å². The van der Waals surface area contributed by atoms with Gasteiger partial charge in [0.2, 0.25) is 0 Å². The third kappa shape index (κ3) is 5.06. The monoisotopic (exact) mass is 342 g/mol. The fourth-order valence-electron chi connectivity index (χ4n) is 2.26. The van der Waals surface area contributed by atoms with Gasteiger partial charge in [0.1, 0.15) is 11.4 Å². The van der Waals surface area contributed by atoms with Crippen LogP contribution in [-0.4, -0.2) is 30.1 Å². The van der Waals surface area contributed by atoms with Crippen molar-refractivity contribution in [1.29, 1.82) is 0 Å². The van der Waals surface area contributed by atoms with E-state index >= 15 is 0 Å². The SMILES string of the molecule is CCOc1ccccc1NC(=O)C(=O)NCC(C)(O)c1ccccc1. The van der Waals surface area contributed by atoms with Gasteiger partial charge in [0.05, 0.1) is 18.8 Å². The predicted molar refractivity (Wildman–Crippen MR) is 95.3 cm³/mol. The number of nitrogens with one attached hydrogen (secondary N) is 2. The summed E-state index contributed by atoms with van der Waals surface area (Å²) in [5, 5.41) is 15.4. The lowest BCUT2D eigenvalue weighted by atomic mass is 9.96. The minimum absolute atomic E-state index is 0.0869. The lowest BCUT2D eigenvalue weighted by Crippen LogP contribution is -2.43. The van der Waals surface area contributed by atoms with Gasteiger partial charge in [-0.1, -0.05) is 42.5 Å². The second-order valence-electron chi connectivity index (χ2n) is 5.71. The molecule has 2 aromatic carbocycles. The van der Waals surface area contributed by atoms with E-state index in [2.05, 4.69) is 10.6 Å². The van der Waals surface area contributed by atoms with E-state index in [1.54, 1.807) is 55.5 Å². The molecule has 25 heavy (non-hydrogen) atoms. The third-order valence-electron chi connectivity index (χ3n) is 3.63. The van der Waals surface area contributed by atoms with E-state index in [4.69, 9.17) is 4.74 Å². The van der Waals surface area contributed by atoms with E-state index in [-0.39, 0.29) is 6.54 Å². The smallest absolute Gasteiger partial charge is 0.313 e. The molecular formula is C19H22N2O4. The van der Waals surface area contributed by atoms with Crippen LogP contribution in [0, 0.1) is 0 Å². The average Bonchev–Trinajstić information content (AvgIpc) is 2.62. The summed E-state index contributed by atoms with van der Waals surface area (Å²) in [7, 11) is 0. The van der Waals surface area contributed by atoms with E-state index in [0.29, 0.717) is 23.6 Å². The Hall–Kier alpha value is -2.86. The van der Waals surface area contributed by atoms with Crippen LogP contribution in [0.1, 0.15) is 19.4 Å². The van der Waals surface area contributed by atoms with Gasteiger partial charge in [-0.15, -0.1) is 0 Å². The van der Waals surface area contributed by atoms with Crippen LogP contribution in [0.5, 0.6) is 5.75 Å². The maximum absolute atomic E-state index is 12.1. The van der Waals surface area contributed by atoms with Crippen molar-refractivity contribution in [2.45, 2.75) is 19.4 Å². The van der Waals surface area contributed by atoms with Crippen molar-refractivity contribution in [3.05, 3.63) is 60.2 Å². The zero-order valence-corrected chi connectivity index (χ0v) is 14.3. The molecule has 1 atom stereocenters. The average molecular weight is 342 g/mol. The first-order chi connectivity index (χ1) is 11.9. The van der Waals surface area contributed by atoms with Gasteiger partial charge in [-0.2, -0.15) is 0 Å². The molecule has 0 radical (unpaired) electrons. The molecule has 2 aromatic rings. The quantitative estimate of drug-likeness (QED) is 0.701. The summed E-state index contributed by atoms with van der Waals surface area (Å²) >= 11 is 0. The van der Waals surface area contributed by atoms with E-state index in [9.17, 15) is 14.7 Å². The maximum Gasteiger partial charge on any atom is 0.313 e. The highest BCUT2D eigenvalue weighted by molar-refractivity contribution is 6.39. The van der Waals surface area contributed by atoms with Crippen LogP contribution in [0.4, 0.5) is 5.69 Å². The van der Waals surface area contributed by atoms with Crippen LogP contribution in [0.2, 0.25) is 0 Å². The zero-order valence-electron chi connectivity index (χ0n) is 14.3. The Morgan fingerprint density at radius 2 is 1.68 bits per heavy atom. The second-order valence-corrected chi connectivity index (χ2v) is 5.71. The molecule has 0 aromatic heterocycles. The molecule has 6 nitrogen and oxygen atoms in total. The molecule has 2 rings (SSSR count). The third-order valence-corrected chi connectivity index (χ3v) is 3.63.